The Balaban J connectivity index is 1.88. The Labute approximate surface area is 116 Å². The first-order chi connectivity index (χ1) is 9.43. The number of hydrogen-bond acceptors (Lipinski definition) is 3. The molecule has 7 heteroatoms. The van der Waals surface area contributed by atoms with Gasteiger partial charge in [0.1, 0.15) is 10.7 Å². The third-order valence-electron chi connectivity index (χ3n) is 4.01. The highest BCUT2D eigenvalue weighted by Gasteiger charge is 2.47. The van der Waals surface area contributed by atoms with Gasteiger partial charge >= 0.3 is 0 Å². The number of rotatable bonds is 2. The summed E-state index contributed by atoms with van der Waals surface area (Å²) in [5.74, 6) is -0.793. The van der Waals surface area contributed by atoms with E-state index in [0.717, 1.165) is 6.07 Å². The lowest BCUT2D eigenvalue weighted by molar-refractivity contribution is -0.119. The van der Waals surface area contributed by atoms with Crippen molar-refractivity contribution in [2.75, 3.05) is 13.1 Å². The molecule has 2 saturated heterocycles. The number of carbonyl (C=O) groups excluding carboxylic acids is 1. The van der Waals surface area contributed by atoms with E-state index < -0.39 is 21.4 Å². The van der Waals surface area contributed by atoms with Gasteiger partial charge in [-0.3, -0.25) is 4.79 Å². The van der Waals surface area contributed by atoms with Crippen molar-refractivity contribution < 1.29 is 17.6 Å². The van der Waals surface area contributed by atoms with E-state index in [2.05, 4.69) is 5.32 Å². The Morgan fingerprint density at radius 3 is 2.65 bits per heavy atom. The second kappa shape index (κ2) is 4.53. The van der Waals surface area contributed by atoms with Crippen molar-refractivity contribution in [3.05, 3.63) is 30.1 Å². The molecule has 0 radical (unpaired) electrons. The Bertz CT molecular complexity index is 661. The summed E-state index contributed by atoms with van der Waals surface area (Å²) in [5.41, 5.74) is -0.463. The summed E-state index contributed by atoms with van der Waals surface area (Å²) in [6, 6.07) is 5.36. The lowest BCUT2D eigenvalue weighted by atomic mass is 9.97. The molecule has 1 unspecified atom stereocenters. The summed E-state index contributed by atoms with van der Waals surface area (Å²) in [5, 5.41) is 2.86. The van der Waals surface area contributed by atoms with Gasteiger partial charge in [0, 0.05) is 19.5 Å². The van der Waals surface area contributed by atoms with Gasteiger partial charge in [-0.15, -0.1) is 0 Å². The second-order valence-corrected chi connectivity index (χ2v) is 7.25. The quantitative estimate of drug-likeness (QED) is 0.881. The van der Waals surface area contributed by atoms with Crippen molar-refractivity contribution in [3.8, 4) is 0 Å². The topological polar surface area (TPSA) is 66.5 Å². The Morgan fingerprint density at radius 2 is 2.00 bits per heavy atom. The van der Waals surface area contributed by atoms with Crippen LogP contribution < -0.4 is 5.32 Å². The molecular weight excluding hydrogens is 283 g/mol. The smallest absolute Gasteiger partial charge is 0.246 e. The van der Waals surface area contributed by atoms with Crippen LogP contribution in [0.1, 0.15) is 19.3 Å². The van der Waals surface area contributed by atoms with Crippen LogP contribution >= 0.6 is 0 Å². The van der Waals surface area contributed by atoms with Gasteiger partial charge in [-0.1, -0.05) is 12.1 Å². The maximum atomic E-state index is 13.7. The number of halogens is 1. The zero-order valence-corrected chi connectivity index (χ0v) is 11.6. The van der Waals surface area contributed by atoms with Crippen LogP contribution in [0.4, 0.5) is 4.39 Å². The van der Waals surface area contributed by atoms with E-state index in [9.17, 15) is 17.6 Å². The first kappa shape index (κ1) is 13.5. The van der Waals surface area contributed by atoms with Gasteiger partial charge in [0.05, 0.1) is 5.54 Å². The van der Waals surface area contributed by atoms with Crippen LogP contribution in [-0.2, 0) is 14.8 Å². The first-order valence-corrected chi connectivity index (χ1v) is 7.93. The Morgan fingerprint density at radius 1 is 1.25 bits per heavy atom. The highest BCUT2D eigenvalue weighted by atomic mass is 32.2. The normalized spacial score (nSPS) is 27.1. The molecule has 1 aromatic rings. The lowest BCUT2D eigenvalue weighted by Gasteiger charge is -2.23. The van der Waals surface area contributed by atoms with Crippen molar-refractivity contribution in [3.63, 3.8) is 0 Å². The summed E-state index contributed by atoms with van der Waals surface area (Å²) in [6.45, 7) is 0.520. The van der Waals surface area contributed by atoms with Crippen molar-refractivity contribution in [1.82, 2.24) is 9.62 Å². The van der Waals surface area contributed by atoms with Crippen LogP contribution in [0.5, 0.6) is 0 Å². The minimum Gasteiger partial charge on any atom is -0.349 e. The summed E-state index contributed by atoms with van der Waals surface area (Å²) in [7, 11) is -3.84. The van der Waals surface area contributed by atoms with Gasteiger partial charge in [-0.2, -0.15) is 4.31 Å². The monoisotopic (exact) mass is 298 g/mol. The standard InChI is InChI=1S/C13H15FN2O3S/c14-10-3-1-2-4-11(10)20(18,19)16-8-7-13(9-16)6-5-12(17)15-13/h1-4H,5-9H2,(H,15,17). The number of benzene rings is 1. The fourth-order valence-electron chi connectivity index (χ4n) is 2.91. The molecule has 108 valence electrons. The maximum absolute atomic E-state index is 13.7. The average Bonchev–Trinajstić information content (AvgIpc) is 2.98. The molecule has 1 N–H and O–H groups in total. The Hall–Kier alpha value is -1.47. The van der Waals surface area contributed by atoms with Crippen LogP contribution in [0.15, 0.2) is 29.2 Å². The summed E-state index contributed by atoms with van der Waals surface area (Å²) < 4.78 is 39.9. The van der Waals surface area contributed by atoms with Crippen LogP contribution in [-0.4, -0.2) is 37.3 Å². The van der Waals surface area contributed by atoms with E-state index >= 15 is 0 Å². The molecule has 1 atom stereocenters. The van der Waals surface area contributed by atoms with E-state index in [4.69, 9.17) is 0 Å². The van der Waals surface area contributed by atoms with Gasteiger partial charge in [0.25, 0.3) is 0 Å². The summed E-state index contributed by atoms with van der Waals surface area (Å²) >= 11 is 0. The largest absolute Gasteiger partial charge is 0.349 e. The summed E-state index contributed by atoms with van der Waals surface area (Å²) in [6.07, 6.45) is 1.63. The fourth-order valence-corrected chi connectivity index (χ4v) is 4.50. The SMILES string of the molecule is O=C1CCC2(CCN(S(=O)(=O)c3ccccc3F)C2)N1. The molecule has 2 fully saturated rings. The van der Waals surface area contributed by atoms with Crippen molar-refractivity contribution in [2.45, 2.75) is 29.7 Å². The van der Waals surface area contributed by atoms with Gasteiger partial charge in [0.15, 0.2) is 0 Å². The predicted octanol–water partition coefficient (Wildman–Crippen LogP) is 0.869. The molecule has 0 saturated carbocycles. The van der Waals surface area contributed by atoms with E-state index in [0.29, 0.717) is 25.8 Å². The third-order valence-corrected chi connectivity index (χ3v) is 5.89. The van der Waals surface area contributed by atoms with Gasteiger partial charge in [-0.25, -0.2) is 12.8 Å². The van der Waals surface area contributed by atoms with Gasteiger partial charge in [-0.05, 0) is 25.0 Å². The molecule has 1 spiro atoms. The lowest BCUT2D eigenvalue weighted by Crippen LogP contribution is -2.44. The fraction of sp³-hybridized carbons (Fsp3) is 0.462. The maximum Gasteiger partial charge on any atom is 0.246 e. The van der Waals surface area contributed by atoms with Crippen LogP contribution in [0.2, 0.25) is 0 Å². The number of amides is 1. The molecule has 0 aliphatic carbocycles. The van der Waals surface area contributed by atoms with Crippen LogP contribution in [0, 0.1) is 5.82 Å². The molecule has 0 aromatic heterocycles. The highest BCUT2D eigenvalue weighted by molar-refractivity contribution is 7.89. The first-order valence-electron chi connectivity index (χ1n) is 6.49. The molecule has 1 aromatic carbocycles. The zero-order valence-electron chi connectivity index (χ0n) is 10.8. The highest BCUT2D eigenvalue weighted by Crippen LogP contribution is 2.33. The van der Waals surface area contributed by atoms with E-state index in [1.165, 1.54) is 22.5 Å². The molecular formula is C13H15FN2O3S. The van der Waals surface area contributed by atoms with Crippen LogP contribution in [0.3, 0.4) is 0 Å². The average molecular weight is 298 g/mol. The molecule has 3 rings (SSSR count). The van der Waals surface area contributed by atoms with E-state index in [1.54, 1.807) is 0 Å². The molecule has 0 bridgehead atoms. The number of sulfonamides is 1. The van der Waals surface area contributed by atoms with Gasteiger partial charge < -0.3 is 5.32 Å². The molecule has 1 amide bonds. The van der Waals surface area contributed by atoms with Crippen molar-refractivity contribution >= 4 is 15.9 Å². The Kier molecular flexibility index (Phi) is 3.06. The van der Waals surface area contributed by atoms with Crippen molar-refractivity contribution in [1.29, 1.82) is 0 Å². The zero-order chi connectivity index (χ0) is 14.4. The number of carbonyl (C=O) groups is 1. The molecule has 20 heavy (non-hydrogen) atoms. The van der Waals surface area contributed by atoms with E-state index in [1.807, 2.05) is 0 Å². The van der Waals surface area contributed by atoms with Crippen molar-refractivity contribution in [2.24, 2.45) is 0 Å². The minimum absolute atomic E-state index is 0.0462. The number of nitrogens with one attached hydrogen (secondary N) is 1. The predicted molar refractivity (Wildman–Crippen MR) is 69.9 cm³/mol. The number of hydrogen-bond donors (Lipinski definition) is 1. The van der Waals surface area contributed by atoms with Gasteiger partial charge in [0.2, 0.25) is 15.9 Å². The molecule has 2 heterocycles. The van der Waals surface area contributed by atoms with E-state index in [-0.39, 0.29) is 17.3 Å². The molecule has 2 aliphatic rings. The number of nitrogens with zero attached hydrogens (tertiary/aromatic N) is 1. The van der Waals surface area contributed by atoms with Crippen LogP contribution in [0.25, 0.3) is 0 Å². The summed E-state index contributed by atoms with van der Waals surface area (Å²) in [4.78, 5) is 11.0. The molecule has 2 aliphatic heterocycles. The second-order valence-electron chi connectivity index (χ2n) is 5.35. The minimum atomic E-state index is -3.84. The molecule has 5 nitrogen and oxygen atoms in total. The third kappa shape index (κ3) is 2.10.